The molecule has 0 aromatic rings. The van der Waals surface area contributed by atoms with E-state index >= 15 is 0 Å². The maximum atomic E-state index is 7.49. The molecule has 0 atom stereocenters. The first-order valence-corrected chi connectivity index (χ1v) is 7.22. The lowest BCUT2D eigenvalue weighted by atomic mass is 9.92. The van der Waals surface area contributed by atoms with Crippen molar-refractivity contribution in [2.24, 2.45) is 11.1 Å². The van der Waals surface area contributed by atoms with Gasteiger partial charge in [0.15, 0.2) is 0 Å². The Morgan fingerprint density at radius 2 is 1.94 bits per heavy atom. The van der Waals surface area contributed by atoms with Crippen molar-refractivity contribution < 1.29 is 0 Å². The molecule has 2 rings (SSSR count). The van der Waals surface area contributed by atoms with Gasteiger partial charge in [-0.05, 0) is 37.6 Å². The summed E-state index contributed by atoms with van der Waals surface area (Å²) in [7, 11) is 0. The molecule has 0 aromatic carbocycles. The molecule has 0 spiro atoms. The summed E-state index contributed by atoms with van der Waals surface area (Å²) in [5.74, 6) is 0.377. The molecule has 0 unspecified atom stereocenters. The first-order valence-electron chi connectivity index (χ1n) is 7.22. The molecular weight excluding hydrogens is 210 g/mol. The second kappa shape index (κ2) is 5.38. The van der Waals surface area contributed by atoms with E-state index in [9.17, 15) is 0 Å². The summed E-state index contributed by atoms with van der Waals surface area (Å²) in [6, 6.07) is 0.804. The molecule has 0 radical (unpaired) electrons. The number of nitrogens with zero attached hydrogens (tertiary/aromatic N) is 1. The monoisotopic (exact) mass is 237 g/mol. The van der Waals surface area contributed by atoms with Gasteiger partial charge in [0.2, 0.25) is 0 Å². The van der Waals surface area contributed by atoms with Crippen molar-refractivity contribution in [3.8, 4) is 0 Å². The Kier molecular flexibility index (Phi) is 4.08. The first kappa shape index (κ1) is 12.9. The van der Waals surface area contributed by atoms with Gasteiger partial charge in [0, 0.05) is 19.0 Å². The SMILES string of the molecule is CCN(CC1(CC(=N)N)CC1)C1CCCCC1. The van der Waals surface area contributed by atoms with E-state index in [0.717, 1.165) is 19.0 Å². The Balaban J connectivity index is 1.88. The minimum absolute atomic E-state index is 0.374. The van der Waals surface area contributed by atoms with Gasteiger partial charge in [-0.1, -0.05) is 26.2 Å². The standard InChI is InChI=1S/C14H27N3/c1-2-17(12-6-4-3-5-7-12)11-14(8-9-14)10-13(15)16/h12H,2-11H2,1H3,(H3,15,16). The molecule has 17 heavy (non-hydrogen) atoms. The molecular formula is C14H27N3. The van der Waals surface area contributed by atoms with Gasteiger partial charge in [0.05, 0.1) is 5.84 Å². The highest BCUT2D eigenvalue weighted by molar-refractivity contribution is 5.78. The van der Waals surface area contributed by atoms with Crippen molar-refractivity contribution in [3.05, 3.63) is 0 Å². The normalized spacial score (nSPS) is 23.9. The fraction of sp³-hybridized carbons (Fsp3) is 0.929. The van der Waals surface area contributed by atoms with Gasteiger partial charge in [0.1, 0.15) is 0 Å². The highest BCUT2D eigenvalue weighted by atomic mass is 15.2. The zero-order valence-electron chi connectivity index (χ0n) is 11.2. The lowest BCUT2D eigenvalue weighted by molar-refractivity contribution is 0.134. The molecule has 2 aliphatic carbocycles. The predicted molar refractivity (Wildman–Crippen MR) is 72.3 cm³/mol. The van der Waals surface area contributed by atoms with Crippen LogP contribution in [0.25, 0.3) is 0 Å². The predicted octanol–water partition coefficient (Wildman–Crippen LogP) is 2.75. The minimum atomic E-state index is 0.374. The number of nitrogens with one attached hydrogen (secondary N) is 1. The molecule has 0 heterocycles. The molecule has 0 aliphatic heterocycles. The van der Waals surface area contributed by atoms with Gasteiger partial charge in [-0.25, -0.2) is 0 Å². The maximum absolute atomic E-state index is 7.49. The zero-order chi connectivity index (χ0) is 12.3. The molecule has 98 valence electrons. The molecule has 0 bridgehead atoms. The number of rotatable bonds is 6. The average molecular weight is 237 g/mol. The Morgan fingerprint density at radius 3 is 2.41 bits per heavy atom. The molecule has 2 fully saturated rings. The van der Waals surface area contributed by atoms with Crippen LogP contribution in [0.4, 0.5) is 0 Å². The highest BCUT2D eigenvalue weighted by Gasteiger charge is 2.44. The van der Waals surface area contributed by atoms with E-state index in [4.69, 9.17) is 11.1 Å². The van der Waals surface area contributed by atoms with E-state index in [-0.39, 0.29) is 0 Å². The van der Waals surface area contributed by atoms with E-state index < -0.39 is 0 Å². The highest BCUT2D eigenvalue weighted by Crippen LogP contribution is 2.49. The van der Waals surface area contributed by atoms with Crippen LogP contribution in [0.1, 0.15) is 58.3 Å². The number of hydrogen-bond acceptors (Lipinski definition) is 2. The number of amidine groups is 1. The largest absolute Gasteiger partial charge is 0.388 e. The quantitative estimate of drug-likeness (QED) is 0.551. The Hall–Kier alpha value is -0.570. The van der Waals surface area contributed by atoms with E-state index in [1.165, 1.54) is 51.5 Å². The number of nitrogens with two attached hydrogens (primary N) is 1. The van der Waals surface area contributed by atoms with Crippen molar-refractivity contribution in [2.75, 3.05) is 13.1 Å². The van der Waals surface area contributed by atoms with Gasteiger partial charge in [-0.2, -0.15) is 0 Å². The van der Waals surface area contributed by atoms with Gasteiger partial charge in [-0.15, -0.1) is 0 Å². The summed E-state index contributed by atoms with van der Waals surface area (Å²) in [5.41, 5.74) is 5.95. The third kappa shape index (κ3) is 3.44. The van der Waals surface area contributed by atoms with Gasteiger partial charge >= 0.3 is 0 Å². The van der Waals surface area contributed by atoms with Crippen molar-refractivity contribution in [3.63, 3.8) is 0 Å². The molecule has 3 nitrogen and oxygen atoms in total. The van der Waals surface area contributed by atoms with Crippen LogP contribution < -0.4 is 5.73 Å². The summed E-state index contributed by atoms with van der Waals surface area (Å²) < 4.78 is 0. The molecule has 0 aromatic heterocycles. The van der Waals surface area contributed by atoms with Gasteiger partial charge in [-0.3, -0.25) is 5.41 Å². The lowest BCUT2D eigenvalue weighted by Gasteiger charge is -2.36. The fourth-order valence-electron chi connectivity index (χ4n) is 3.35. The second-order valence-electron chi connectivity index (χ2n) is 6.06. The molecule has 3 heteroatoms. The molecule has 2 aliphatic rings. The Morgan fingerprint density at radius 1 is 1.29 bits per heavy atom. The van der Waals surface area contributed by atoms with Gasteiger partial charge in [0.25, 0.3) is 0 Å². The van der Waals surface area contributed by atoms with Crippen molar-refractivity contribution in [2.45, 2.75) is 64.3 Å². The lowest BCUT2D eigenvalue weighted by Crippen LogP contribution is -2.41. The van der Waals surface area contributed by atoms with E-state index in [0.29, 0.717) is 11.3 Å². The van der Waals surface area contributed by atoms with Crippen LogP contribution in [0.5, 0.6) is 0 Å². The number of hydrogen-bond donors (Lipinski definition) is 2. The van der Waals surface area contributed by atoms with Crippen LogP contribution in [0.2, 0.25) is 0 Å². The minimum Gasteiger partial charge on any atom is -0.388 e. The van der Waals surface area contributed by atoms with Crippen molar-refractivity contribution in [1.29, 1.82) is 5.41 Å². The van der Waals surface area contributed by atoms with Crippen molar-refractivity contribution >= 4 is 5.84 Å². The summed E-state index contributed by atoms with van der Waals surface area (Å²) in [6.45, 7) is 4.61. The molecule has 2 saturated carbocycles. The smallest absolute Gasteiger partial charge is 0.0911 e. The summed E-state index contributed by atoms with van der Waals surface area (Å²) in [4.78, 5) is 2.66. The molecule has 0 amide bonds. The zero-order valence-corrected chi connectivity index (χ0v) is 11.2. The Bertz CT molecular complexity index is 265. The van der Waals surface area contributed by atoms with Crippen LogP contribution >= 0.6 is 0 Å². The van der Waals surface area contributed by atoms with E-state index in [1.54, 1.807) is 0 Å². The van der Waals surface area contributed by atoms with E-state index in [2.05, 4.69) is 11.8 Å². The van der Waals surface area contributed by atoms with Crippen LogP contribution in [0, 0.1) is 10.8 Å². The van der Waals surface area contributed by atoms with Crippen molar-refractivity contribution in [1.82, 2.24) is 4.90 Å². The summed E-state index contributed by atoms with van der Waals surface area (Å²) in [6.07, 6.45) is 10.4. The van der Waals surface area contributed by atoms with Gasteiger partial charge < -0.3 is 10.6 Å². The summed E-state index contributed by atoms with van der Waals surface area (Å²) >= 11 is 0. The van der Waals surface area contributed by atoms with Crippen LogP contribution in [0.15, 0.2) is 0 Å². The van der Waals surface area contributed by atoms with Crippen LogP contribution in [-0.2, 0) is 0 Å². The first-order chi connectivity index (χ1) is 8.15. The Labute approximate surface area is 105 Å². The third-order valence-electron chi connectivity index (χ3n) is 4.56. The summed E-state index contributed by atoms with van der Waals surface area (Å²) in [5, 5.41) is 7.49. The molecule has 0 saturated heterocycles. The van der Waals surface area contributed by atoms with E-state index in [1.807, 2.05) is 0 Å². The third-order valence-corrected chi connectivity index (χ3v) is 4.56. The van der Waals surface area contributed by atoms with Crippen LogP contribution in [0.3, 0.4) is 0 Å². The second-order valence-corrected chi connectivity index (χ2v) is 6.06. The average Bonchev–Trinajstić information content (AvgIpc) is 3.06. The topological polar surface area (TPSA) is 53.1 Å². The molecule has 3 N–H and O–H groups in total. The fourth-order valence-corrected chi connectivity index (χ4v) is 3.35. The maximum Gasteiger partial charge on any atom is 0.0911 e. The van der Waals surface area contributed by atoms with Crippen LogP contribution in [-0.4, -0.2) is 29.9 Å².